The molecule has 1 fully saturated rings. The third-order valence-corrected chi connectivity index (χ3v) is 2.33. The van der Waals surface area contributed by atoms with Crippen LogP contribution in [0.5, 0.6) is 0 Å². The molecule has 1 unspecified atom stereocenters. The minimum atomic E-state index is -1.28. The van der Waals surface area contributed by atoms with Gasteiger partial charge in [-0.05, 0) is 19.8 Å². The van der Waals surface area contributed by atoms with E-state index in [-0.39, 0.29) is 6.04 Å². The molecule has 5 nitrogen and oxygen atoms in total. The molecule has 86 valence electrons. The Bertz CT molecular complexity index is 243. The lowest BCUT2D eigenvalue weighted by Gasteiger charge is -2.30. The molecular weight excluding hydrogens is 197 g/mol. The number of hydrogen-bond donors (Lipinski definition) is 1. The monoisotopic (exact) mass is 215 g/mol. The highest BCUT2D eigenvalue weighted by atomic mass is 19.1. The smallest absolute Gasteiger partial charge is 0.240 e. The highest BCUT2D eigenvalue weighted by molar-refractivity contribution is 5.80. The lowest BCUT2D eigenvalue weighted by atomic mass is 10.1. The zero-order valence-corrected chi connectivity index (χ0v) is 9.23. The predicted molar refractivity (Wildman–Crippen MR) is 57.6 cm³/mol. The Morgan fingerprint density at radius 2 is 2.07 bits per heavy atom. The number of rotatable bonds is 1. The second-order valence-electron chi connectivity index (χ2n) is 3.64. The van der Waals surface area contributed by atoms with E-state index in [2.05, 4.69) is 15.2 Å². The third-order valence-electron chi connectivity index (χ3n) is 2.33. The lowest BCUT2D eigenvalue weighted by molar-refractivity contribution is 0.306. The molecule has 1 saturated heterocycles. The van der Waals surface area contributed by atoms with Gasteiger partial charge in [-0.1, -0.05) is 0 Å². The molecule has 0 bridgehead atoms. The molecule has 1 rings (SSSR count). The van der Waals surface area contributed by atoms with Gasteiger partial charge in [0.05, 0.1) is 0 Å². The number of nitrogens with two attached hydrogens (primary N) is 1. The van der Waals surface area contributed by atoms with E-state index in [0.29, 0.717) is 5.96 Å². The van der Waals surface area contributed by atoms with Gasteiger partial charge in [0.2, 0.25) is 12.3 Å². The van der Waals surface area contributed by atoms with Crippen LogP contribution in [0.2, 0.25) is 0 Å². The van der Waals surface area contributed by atoms with Crippen LogP contribution >= 0.6 is 0 Å². The number of hydrogen-bond acceptors (Lipinski definition) is 3. The van der Waals surface area contributed by atoms with Crippen LogP contribution in [0.4, 0.5) is 4.39 Å². The van der Waals surface area contributed by atoms with Crippen LogP contribution in [0.1, 0.15) is 19.8 Å². The van der Waals surface area contributed by atoms with Gasteiger partial charge >= 0.3 is 0 Å². The van der Waals surface area contributed by atoms with E-state index in [1.165, 1.54) is 6.92 Å². The summed E-state index contributed by atoms with van der Waals surface area (Å²) in [7, 11) is 1.63. The lowest BCUT2D eigenvalue weighted by Crippen LogP contribution is -2.42. The van der Waals surface area contributed by atoms with E-state index >= 15 is 0 Å². The molecule has 1 heterocycles. The summed E-state index contributed by atoms with van der Waals surface area (Å²) >= 11 is 0. The predicted octanol–water partition coefficient (Wildman–Crippen LogP) is 1.16. The molecule has 0 radical (unpaired) electrons. The van der Waals surface area contributed by atoms with Gasteiger partial charge in [0.25, 0.3) is 0 Å². The molecular formula is C9H18FN5. The topological polar surface area (TPSA) is 66.3 Å². The van der Waals surface area contributed by atoms with Crippen LogP contribution in [-0.4, -0.2) is 43.3 Å². The molecule has 0 amide bonds. The van der Waals surface area contributed by atoms with Gasteiger partial charge in [0.1, 0.15) is 0 Å². The Hall–Kier alpha value is -1.04. The van der Waals surface area contributed by atoms with Crippen molar-refractivity contribution >= 4 is 5.96 Å². The maximum Gasteiger partial charge on any atom is 0.240 e. The molecule has 1 aliphatic heterocycles. The van der Waals surface area contributed by atoms with E-state index in [1.807, 2.05) is 4.90 Å². The number of aliphatic imine (C=N–C) groups is 1. The molecule has 0 saturated carbocycles. The second kappa shape index (κ2) is 5.75. The summed E-state index contributed by atoms with van der Waals surface area (Å²) in [6.07, 6.45) is 0.549. The Balaban J connectivity index is 2.53. The number of halogens is 1. The van der Waals surface area contributed by atoms with Crippen LogP contribution in [0.25, 0.3) is 0 Å². The van der Waals surface area contributed by atoms with E-state index < -0.39 is 6.30 Å². The van der Waals surface area contributed by atoms with Crippen LogP contribution in [0.15, 0.2) is 15.2 Å². The molecule has 0 spiro atoms. The van der Waals surface area contributed by atoms with Gasteiger partial charge in [-0.15, -0.1) is 10.2 Å². The van der Waals surface area contributed by atoms with Gasteiger partial charge in [-0.25, -0.2) is 4.39 Å². The van der Waals surface area contributed by atoms with Crippen molar-refractivity contribution < 1.29 is 4.39 Å². The number of guanidine groups is 1. The summed E-state index contributed by atoms with van der Waals surface area (Å²) in [5.74, 6) is 0.492. The zero-order valence-electron chi connectivity index (χ0n) is 9.23. The first-order valence-corrected chi connectivity index (χ1v) is 5.15. The van der Waals surface area contributed by atoms with Crippen LogP contribution in [0, 0.1) is 0 Å². The molecule has 0 aromatic carbocycles. The van der Waals surface area contributed by atoms with E-state index in [1.54, 1.807) is 7.05 Å². The van der Waals surface area contributed by atoms with Gasteiger partial charge in [0, 0.05) is 26.2 Å². The minimum Gasteiger partial charge on any atom is -0.340 e. The summed E-state index contributed by atoms with van der Waals surface area (Å²) in [5, 5.41) is 7.22. The summed E-state index contributed by atoms with van der Waals surface area (Å²) in [4.78, 5) is 5.96. The number of azo groups is 1. The van der Waals surface area contributed by atoms with Crippen LogP contribution in [-0.2, 0) is 0 Å². The van der Waals surface area contributed by atoms with Crippen molar-refractivity contribution in [1.29, 1.82) is 0 Å². The maximum absolute atomic E-state index is 12.5. The van der Waals surface area contributed by atoms with E-state index in [0.717, 1.165) is 25.9 Å². The molecule has 15 heavy (non-hydrogen) atoms. The number of nitrogens with zero attached hydrogens (tertiary/aromatic N) is 4. The summed E-state index contributed by atoms with van der Waals surface area (Å²) in [6, 6.07) is 0.261. The summed E-state index contributed by atoms with van der Waals surface area (Å²) in [5.41, 5.74) is 5.78. The SMILES string of the molecule is CN=C(N=NC(C)F)N1CCC(N)CC1. The van der Waals surface area contributed by atoms with Crippen molar-refractivity contribution in [2.45, 2.75) is 32.1 Å². The number of piperidine rings is 1. The Kier molecular flexibility index (Phi) is 4.61. The second-order valence-corrected chi connectivity index (χ2v) is 3.64. The minimum absolute atomic E-state index is 0.261. The average molecular weight is 215 g/mol. The quantitative estimate of drug-likeness (QED) is 0.309. The van der Waals surface area contributed by atoms with E-state index in [9.17, 15) is 4.39 Å². The number of likely N-dealkylation sites (tertiary alicyclic amines) is 1. The molecule has 1 atom stereocenters. The molecule has 1 aliphatic rings. The zero-order chi connectivity index (χ0) is 11.3. The van der Waals surface area contributed by atoms with Crippen LogP contribution < -0.4 is 5.73 Å². The highest BCUT2D eigenvalue weighted by Crippen LogP contribution is 2.10. The first-order chi connectivity index (χ1) is 7.13. The van der Waals surface area contributed by atoms with Crippen molar-refractivity contribution in [2.24, 2.45) is 21.0 Å². The van der Waals surface area contributed by atoms with Crippen molar-refractivity contribution in [3.63, 3.8) is 0 Å². The Morgan fingerprint density at radius 1 is 1.47 bits per heavy atom. The standard InChI is InChI=1S/C9H18FN5/c1-7(10)13-14-9(12-2)15-5-3-8(11)4-6-15/h7-8H,3-6,11H2,1-2H3. The molecule has 0 aromatic heterocycles. The Morgan fingerprint density at radius 3 is 2.53 bits per heavy atom. The van der Waals surface area contributed by atoms with Gasteiger partial charge < -0.3 is 10.6 Å². The average Bonchev–Trinajstić information content (AvgIpc) is 2.21. The van der Waals surface area contributed by atoms with E-state index in [4.69, 9.17) is 5.73 Å². The summed E-state index contributed by atoms with van der Waals surface area (Å²) in [6.45, 7) is 2.96. The molecule has 6 heteroatoms. The molecule has 2 N–H and O–H groups in total. The normalized spacial score (nSPS) is 22.4. The summed E-state index contributed by atoms with van der Waals surface area (Å²) < 4.78 is 12.5. The first-order valence-electron chi connectivity index (χ1n) is 5.15. The van der Waals surface area contributed by atoms with Crippen LogP contribution in [0.3, 0.4) is 0 Å². The van der Waals surface area contributed by atoms with Gasteiger partial charge in [-0.3, -0.25) is 4.99 Å². The van der Waals surface area contributed by atoms with Gasteiger partial charge in [-0.2, -0.15) is 0 Å². The number of alkyl halides is 1. The van der Waals surface area contributed by atoms with Crippen molar-refractivity contribution in [2.75, 3.05) is 20.1 Å². The van der Waals surface area contributed by atoms with Crippen molar-refractivity contribution in [3.8, 4) is 0 Å². The fraction of sp³-hybridized carbons (Fsp3) is 0.889. The fourth-order valence-corrected chi connectivity index (χ4v) is 1.48. The first kappa shape index (κ1) is 12.0. The van der Waals surface area contributed by atoms with Crippen molar-refractivity contribution in [1.82, 2.24) is 4.90 Å². The third kappa shape index (κ3) is 3.91. The van der Waals surface area contributed by atoms with Gasteiger partial charge in [0.15, 0.2) is 0 Å². The maximum atomic E-state index is 12.5. The molecule has 0 aliphatic carbocycles. The largest absolute Gasteiger partial charge is 0.340 e. The fourth-order valence-electron chi connectivity index (χ4n) is 1.48. The molecule has 0 aromatic rings. The van der Waals surface area contributed by atoms with Crippen molar-refractivity contribution in [3.05, 3.63) is 0 Å². The highest BCUT2D eigenvalue weighted by Gasteiger charge is 2.18. The Labute approximate surface area is 89.3 Å².